The largest absolute Gasteiger partial charge is 0.481 e. The van der Waals surface area contributed by atoms with Gasteiger partial charge >= 0.3 is 5.97 Å². The minimum atomic E-state index is -0.904. The Hall–Kier alpha value is -1.18. The van der Waals surface area contributed by atoms with Crippen LogP contribution in [0.25, 0.3) is 0 Å². The normalized spacial score (nSPS) is 18.6. The van der Waals surface area contributed by atoms with Crippen molar-refractivity contribution in [2.24, 2.45) is 0 Å². The van der Waals surface area contributed by atoms with Gasteiger partial charge in [0.05, 0.1) is 12.0 Å². The number of halogens is 2. The van der Waals surface area contributed by atoms with Gasteiger partial charge in [0.2, 0.25) is 0 Å². The molecule has 0 bridgehead atoms. The summed E-state index contributed by atoms with van der Waals surface area (Å²) < 4.78 is 13.6. The van der Waals surface area contributed by atoms with Crippen LogP contribution in [0.1, 0.15) is 29.6 Å². The maximum atomic E-state index is 13.0. The van der Waals surface area contributed by atoms with Crippen molar-refractivity contribution in [1.29, 1.82) is 0 Å². The number of carboxylic acids is 1. The molecule has 1 fully saturated rings. The van der Waals surface area contributed by atoms with Gasteiger partial charge in [-0.3, -0.25) is 9.59 Å². The van der Waals surface area contributed by atoms with Crippen molar-refractivity contribution >= 4 is 34.5 Å². The molecule has 1 atom stereocenters. The van der Waals surface area contributed by atoms with Crippen molar-refractivity contribution in [3.05, 3.63) is 33.1 Å². The van der Waals surface area contributed by atoms with E-state index >= 15 is 0 Å². The van der Waals surface area contributed by atoms with Crippen LogP contribution >= 0.6 is 22.6 Å². The van der Waals surface area contributed by atoms with Crippen molar-refractivity contribution in [3.63, 3.8) is 0 Å². The number of carbonyl (C=O) groups excluding carboxylic acids is 1. The molecule has 1 saturated heterocycles. The summed E-state index contributed by atoms with van der Waals surface area (Å²) in [5.41, 5.74) is 0.430. The first-order valence-electron chi connectivity index (χ1n) is 5.97. The lowest BCUT2D eigenvalue weighted by molar-refractivity contribution is -0.137. The first-order chi connectivity index (χ1) is 8.99. The lowest BCUT2D eigenvalue weighted by atomic mass is 10.1. The molecule has 1 unspecified atom stereocenters. The molecule has 2 rings (SSSR count). The van der Waals surface area contributed by atoms with E-state index in [0.29, 0.717) is 22.1 Å². The van der Waals surface area contributed by atoms with Crippen molar-refractivity contribution in [2.75, 3.05) is 6.54 Å². The van der Waals surface area contributed by atoms with Crippen LogP contribution in [0.15, 0.2) is 18.2 Å². The number of rotatable bonds is 3. The summed E-state index contributed by atoms with van der Waals surface area (Å²) in [6, 6.07) is 3.74. The van der Waals surface area contributed by atoms with Crippen molar-refractivity contribution in [2.45, 2.75) is 25.3 Å². The Kier molecular flexibility index (Phi) is 4.38. The Balaban J connectivity index is 2.20. The number of nitrogens with zero attached hydrogens (tertiary/aromatic N) is 1. The SMILES string of the molecule is O=C(O)CC1CCCN1C(=O)c1ccc(F)cc1I. The highest BCUT2D eigenvalue weighted by Crippen LogP contribution is 2.24. The molecule has 1 aromatic rings. The third-order valence-electron chi connectivity index (χ3n) is 3.21. The molecule has 1 aromatic carbocycles. The van der Waals surface area contributed by atoms with Crippen LogP contribution < -0.4 is 0 Å². The fourth-order valence-electron chi connectivity index (χ4n) is 2.33. The number of benzene rings is 1. The van der Waals surface area contributed by atoms with Crippen molar-refractivity contribution in [1.82, 2.24) is 4.90 Å². The third kappa shape index (κ3) is 3.23. The maximum absolute atomic E-state index is 13.0. The monoisotopic (exact) mass is 377 g/mol. The molecule has 0 aromatic heterocycles. The number of hydrogen-bond donors (Lipinski definition) is 1. The molecule has 0 radical (unpaired) electrons. The van der Waals surface area contributed by atoms with Crippen molar-refractivity contribution < 1.29 is 19.1 Å². The van der Waals surface area contributed by atoms with Gasteiger partial charge in [0.1, 0.15) is 5.82 Å². The van der Waals surface area contributed by atoms with Crippen molar-refractivity contribution in [3.8, 4) is 0 Å². The van der Waals surface area contributed by atoms with Gasteiger partial charge in [0.25, 0.3) is 5.91 Å². The number of carbonyl (C=O) groups is 2. The highest BCUT2D eigenvalue weighted by atomic mass is 127. The summed E-state index contributed by atoms with van der Waals surface area (Å²) in [7, 11) is 0. The zero-order chi connectivity index (χ0) is 14.0. The number of carboxylic acid groups (broad SMARTS) is 1. The summed E-state index contributed by atoms with van der Waals surface area (Å²) in [5, 5.41) is 8.85. The summed E-state index contributed by atoms with van der Waals surface area (Å²) in [6.07, 6.45) is 1.47. The van der Waals surface area contributed by atoms with Gasteiger partial charge in [-0.1, -0.05) is 0 Å². The number of amides is 1. The number of likely N-dealkylation sites (tertiary alicyclic amines) is 1. The van der Waals surface area contributed by atoms with E-state index in [4.69, 9.17) is 5.11 Å². The predicted octanol–water partition coefficient (Wildman–Crippen LogP) is 2.51. The third-order valence-corrected chi connectivity index (χ3v) is 4.10. The lowest BCUT2D eigenvalue weighted by Gasteiger charge is -2.24. The average molecular weight is 377 g/mol. The predicted molar refractivity (Wildman–Crippen MR) is 75.4 cm³/mol. The van der Waals surface area contributed by atoms with Gasteiger partial charge in [-0.15, -0.1) is 0 Å². The van der Waals surface area contributed by atoms with Gasteiger partial charge in [0, 0.05) is 16.2 Å². The first-order valence-corrected chi connectivity index (χ1v) is 7.04. The minimum absolute atomic E-state index is 0.0382. The Morgan fingerprint density at radius 1 is 1.47 bits per heavy atom. The Morgan fingerprint density at radius 3 is 2.84 bits per heavy atom. The molecule has 4 nitrogen and oxygen atoms in total. The quantitative estimate of drug-likeness (QED) is 0.824. The summed E-state index contributed by atoms with van der Waals surface area (Å²) in [5.74, 6) is -1.50. The van der Waals surface area contributed by atoms with Crippen LogP contribution in [-0.2, 0) is 4.79 Å². The smallest absolute Gasteiger partial charge is 0.305 e. The molecule has 102 valence electrons. The van der Waals surface area contributed by atoms with Crippen LogP contribution in [0, 0.1) is 9.39 Å². The van der Waals surface area contributed by atoms with Gasteiger partial charge in [-0.25, -0.2) is 4.39 Å². The molecule has 1 aliphatic heterocycles. The molecule has 1 N–H and O–H groups in total. The molecule has 0 saturated carbocycles. The van der Waals surface area contributed by atoms with Crippen LogP contribution in [0.2, 0.25) is 0 Å². The first kappa shape index (κ1) is 14.2. The van der Waals surface area contributed by atoms with Crippen LogP contribution in [0.3, 0.4) is 0 Å². The van der Waals surface area contributed by atoms with Crippen LogP contribution in [0.5, 0.6) is 0 Å². The standard InChI is InChI=1S/C13H13FINO3/c14-8-3-4-10(11(15)6-8)13(19)16-5-1-2-9(16)7-12(17)18/h3-4,6,9H,1-2,5,7H2,(H,17,18). The van der Waals surface area contributed by atoms with Gasteiger partial charge in [-0.05, 0) is 53.6 Å². The zero-order valence-corrected chi connectivity index (χ0v) is 12.3. The number of aliphatic carboxylic acids is 1. The zero-order valence-electron chi connectivity index (χ0n) is 10.1. The molecule has 19 heavy (non-hydrogen) atoms. The summed E-state index contributed by atoms with van der Waals surface area (Å²) >= 11 is 1.92. The van der Waals surface area contributed by atoms with E-state index < -0.39 is 5.97 Å². The van der Waals surface area contributed by atoms with E-state index in [2.05, 4.69) is 0 Å². The van der Waals surface area contributed by atoms with Gasteiger partial charge in [0.15, 0.2) is 0 Å². The van der Waals surface area contributed by atoms with E-state index in [9.17, 15) is 14.0 Å². The Labute approximate surface area is 123 Å². The molecule has 0 aliphatic carbocycles. The maximum Gasteiger partial charge on any atom is 0.305 e. The van der Waals surface area contributed by atoms with E-state index in [0.717, 1.165) is 6.42 Å². The molecular weight excluding hydrogens is 364 g/mol. The van der Waals surface area contributed by atoms with E-state index in [1.807, 2.05) is 22.6 Å². The second-order valence-corrected chi connectivity index (χ2v) is 5.68. The average Bonchev–Trinajstić information content (AvgIpc) is 2.75. The second-order valence-electron chi connectivity index (χ2n) is 4.52. The molecule has 1 amide bonds. The van der Waals surface area contributed by atoms with E-state index in [1.165, 1.54) is 18.2 Å². The molecule has 0 spiro atoms. The second kappa shape index (κ2) is 5.85. The molecular formula is C13H13FINO3. The molecule has 1 heterocycles. The topological polar surface area (TPSA) is 57.6 Å². The highest BCUT2D eigenvalue weighted by Gasteiger charge is 2.31. The van der Waals surface area contributed by atoms with E-state index in [1.54, 1.807) is 4.90 Å². The van der Waals surface area contributed by atoms with Gasteiger partial charge in [-0.2, -0.15) is 0 Å². The van der Waals surface area contributed by atoms with Crippen LogP contribution in [0.4, 0.5) is 4.39 Å². The Morgan fingerprint density at radius 2 is 2.21 bits per heavy atom. The molecule has 6 heteroatoms. The summed E-state index contributed by atoms with van der Waals surface area (Å²) in [4.78, 5) is 24.7. The fraction of sp³-hybridized carbons (Fsp3) is 0.385. The van der Waals surface area contributed by atoms with Crippen LogP contribution in [-0.4, -0.2) is 34.5 Å². The Bertz CT molecular complexity index is 521. The van der Waals surface area contributed by atoms with E-state index in [-0.39, 0.29) is 24.2 Å². The molecule has 1 aliphatic rings. The summed E-state index contributed by atoms with van der Waals surface area (Å²) in [6.45, 7) is 0.560. The van der Waals surface area contributed by atoms with Gasteiger partial charge < -0.3 is 10.0 Å². The lowest BCUT2D eigenvalue weighted by Crippen LogP contribution is -2.37. The highest BCUT2D eigenvalue weighted by molar-refractivity contribution is 14.1. The minimum Gasteiger partial charge on any atom is -0.481 e. The number of hydrogen-bond acceptors (Lipinski definition) is 2. The fourth-order valence-corrected chi connectivity index (χ4v) is 3.04.